The summed E-state index contributed by atoms with van der Waals surface area (Å²) in [5.74, 6) is 1.29. The number of fused-ring (bicyclic) bond motifs is 1. The number of benzene rings is 1. The molecule has 1 aliphatic carbocycles. The van der Waals surface area contributed by atoms with Crippen molar-refractivity contribution in [2.24, 2.45) is 5.92 Å². The van der Waals surface area contributed by atoms with Crippen LogP contribution in [0.25, 0.3) is 6.08 Å². The highest BCUT2D eigenvalue weighted by Crippen LogP contribution is 2.29. The lowest BCUT2D eigenvalue weighted by atomic mass is 9.90. The summed E-state index contributed by atoms with van der Waals surface area (Å²) >= 11 is 7.17. The molecular weight excluding hydrogens is 352 g/mol. The molecule has 4 nitrogen and oxygen atoms in total. The van der Waals surface area contributed by atoms with Crippen molar-refractivity contribution in [2.75, 3.05) is 24.7 Å². The fourth-order valence-electron chi connectivity index (χ4n) is 3.80. The largest absolute Gasteiger partial charge is 0.331 e. The maximum atomic E-state index is 12.9. The van der Waals surface area contributed by atoms with Gasteiger partial charge in [0.2, 0.25) is 5.91 Å². The number of nitrogens with one attached hydrogen (secondary N) is 1. The first-order chi connectivity index (χ1) is 12.1. The summed E-state index contributed by atoms with van der Waals surface area (Å²) in [6, 6.07) is 7.73. The zero-order valence-corrected chi connectivity index (χ0v) is 15.5. The molecule has 2 heterocycles. The average molecular weight is 373 g/mol. The van der Waals surface area contributed by atoms with Crippen molar-refractivity contribution in [2.45, 2.75) is 18.9 Å². The van der Waals surface area contributed by atoms with E-state index in [9.17, 15) is 9.59 Å². The van der Waals surface area contributed by atoms with Gasteiger partial charge in [0.15, 0.2) is 0 Å². The van der Waals surface area contributed by atoms with Crippen LogP contribution in [-0.2, 0) is 16.0 Å². The van der Waals surface area contributed by atoms with Crippen LogP contribution in [0.2, 0.25) is 0 Å². The lowest BCUT2D eigenvalue weighted by molar-refractivity contribution is -0.135. The van der Waals surface area contributed by atoms with Crippen molar-refractivity contribution < 1.29 is 9.59 Å². The van der Waals surface area contributed by atoms with Crippen molar-refractivity contribution >= 4 is 46.6 Å². The number of hydrogen-bond acceptors (Lipinski definition) is 5. The molecule has 3 aliphatic rings. The van der Waals surface area contributed by atoms with Crippen LogP contribution in [0.5, 0.6) is 0 Å². The molecule has 130 valence electrons. The maximum Gasteiger partial charge on any atom is 0.241 e. The Bertz CT molecular complexity index is 768. The Morgan fingerprint density at radius 2 is 2.16 bits per heavy atom. The molecule has 1 amide bonds. The molecule has 4 rings (SSSR count). The van der Waals surface area contributed by atoms with E-state index in [4.69, 9.17) is 12.2 Å². The molecule has 2 atom stereocenters. The number of amides is 1. The van der Waals surface area contributed by atoms with E-state index in [-0.39, 0.29) is 11.7 Å². The molecule has 2 saturated heterocycles. The molecule has 0 radical (unpaired) electrons. The van der Waals surface area contributed by atoms with Crippen molar-refractivity contribution in [1.82, 2.24) is 10.2 Å². The number of thiocarbonyl (C=S) groups is 1. The average Bonchev–Trinajstić information content (AvgIpc) is 3.32. The zero-order valence-electron chi connectivity index (χ0n) is 13.9. The van der Waals surface area contributed by atoms with Gasteiger partial charge in [-0.25, -0.2) is 0 Å². The second-order valence-corrected chi connectivity index (χ2v) is 8.36. The van der Waals surface area contributed by atoms with E-state index in [1.807, 2.05) is 17.0 Å². The normalized spacial score (nSPS) is 25.2. The van der Waals surface area contributed by atoms with Gasteiger partial charge in [0, 0.05) is 30.1 Å². The van der Waals surface area contributed by atoms with Gasteiger partial charge in [-0.2, -0.15) is 0 Å². The minimum Gasteiger partial charge on any atom is -0.331 e. The maximum absolute atomic E-state index is 12.9. The topological polar surface area (TPSA) is 49.4 Å². The molecule has 25 heavy (non-hydrogen) atoms. The van der Waals surface area contributed by atoms with Crippen molar-refractivity contribution in [3.05, 3.63) is 41.0 Å². The molecule has 0 bridgehead atoms. The molecule has 1 N–H and O–H groups in total. The number of carbonyl (C=O) groups excluding carboxylic acids is 2. The summed E-state index contributed by atoms with van der Waals surface area (Å²) < 4.78 is 0. The van der Waals surface area contributed by atoms with Crippen LogP contribution in [0.3, 0.4) is 0 Å². The molecule has 1 aromatic rings. The Hall–Kier alpha value is -1.50. The first-order valence-electron chi connectivity index (χ1n) is 8.56. The molecule has 0 spiro atoms. The zero-order chi connectivity index (χ0) is 17.4. The van der Waals surface area contributed by atoms with Crippen LogP contribution >= 0.6 is 24.0 Å². The van der Waals surface area contributed by atoms with E-state index in [2.05, 4.69) is 23.5 Å². The van der Waals surface area contributed by atoms with Gasteiger partial charge in [0.05, 0.1) is 11.8 Å². The summed E-state index contributed by atoms with van der Waals surface area (Å²) in [7, 11) is 0. The Morgan fingerprint density at radius 1 is 1.32 bits per heavy atom. The van der Waals surface area contributed by atoms with Crippen molar-refractivity contribution in [3.63, 3.8) is 0 Å². The summed E-state index contributed by atoms with van der Waals surface area (Å²) in [6.45, 7) is 1.23. The molecule has 2 aliphatic heterocycles. The van der Waals surface area contributed by atoms with E-state index in [0.717, 1.165) is 24.3 Å². The van der Waals surface area contributed by atoms with Gasteiger partial charge < -0.3 is 10.2 Å². The minimum atomic E-state index is -0.483. The molecule has 2 fully saturated rings. The van der Waals surface area contributed by atoms with Gasteiger partial charge >= 0.3 is 0 Å². The van der Waals surface area contributed by atoms with Crippen LogP contribution in [-0.4, -0.2) is 52.2 Å². The number of carbonyl (C=O) groups is 2. The van der Waals surface area contributed by atoms with Crippen LogP contribution in [0.15, 0.2) is 29.8 Å². The third kappa shape index (κ3) is 3.30. The lowest BCUT2D eigenvalue weighted by Crippen LogP contribution is -2.47. The second kappa shape index (κ2) is 7.02. The number of Topliss-reactive ketones (excluding diaryl/α,β-unsaturated/α-hetero) is 1. The molecular formula is C19H20N2O2S2. The van der Waals surface area contributed by atoms with Gasteiger partial charge in [-0.3, -0.25) is 9.59 Å². The SMILES string of the molecule is O=C(CC1=Cc2ccccc2C1)C1C(=S)CN[C@@H]1C(=O)N1CCSC1. The summed E-state index contributed by atoms with van der Waals surface area (Å²) in [5, 5.41) is 3.17. The standard InChI is InChI=1S/C19H20N2O2S2/c22-15(9-12-7-13-3-1-2-4-14(13)8-12)17-16(24)10-20-18(17)19(23)21-5-6-25-11-21/h1-4,7,17-18,20H,5-6,8-11H2/t17?,18-/m0/s1. The van der Waals surface area contributed by atoms with E-state index in [1.165, 1.54) is 11.1 Å². The first-order valence-corrected chi connectivity index (χ1v) is 10.1. The highest BCUT2D eigenvalue weighted by molar-refractivity contribution is 7.99. The fraction of sp³-hybridized carbons (Fsp3) is 0.421. The summed E-state index contributed by atoms with van der Waals surface area (Å²) in [5.41, 5.74) is 3.57. The van der Waals surface area contributed by atoms with Crippen molar-refractivity contribution in [3.8, 4) is 0 Å². The minimum absolute atomic E-state index is 0.0203. The third-order valence-electron chi connectivity index (χ3n) is 5.09. The Balaban J connectivity index is 1.47. The van der Waals surface area contributed by atoms with Gasteiger partial charge in [-0.05, 0) is 17.5 Å². The van der Waals surface area contributed by atoms with Crippen LogP contribution in [0, 0.1) is 5.92 Å². The number of rotatable bonds is 4. The number of thioether (sulfide) groups is 1. The van der Waals surface area contributed by atoms with E-state index >= 15 is 0 Å². The molecule has 6 heteroatoms. The van der Waals surface area contributed by atoms with Gasteiger partial charge in [-0.1, -0.05) is 48.1 Å². The number of nitrogens with zero attached hydrogens (tertiary/aromatic N) is 1. The molecule has 0 saturated carbocycles. The third-order valence-corrected chi connectivity index (χ3v) is 6.45. The Kier molecular flexibility index (Phi) is 4.75. The smallest absolute Gasteiger partial charge is 0.241 e. The van der Waals surface area contributed by atoms with E-state index < -0.39 is 12.0 Å². The monoisotopic (exact) mass is 372 g/mol. The lowest BCUT2D eigenvalue weighted by Gasteiger charge is -2.23. The predicted octanol–water partition coefficient (Wildman–Crippen LogP) is 2.08. The number of hydrogen-bond donors (Lipinski definition) is 1. The van der Waals surface area contributed by atoms with Gasteiger partial charge in [0.25, 0.3) is 0 Å². The van der Waals surface area contributed by atoms with Crippen LogP contribution < -0.4 is 5.32 Å². The van der Waals surface area contributed by atoms with Gasteiger partial charge in [-0.15, -0.1) is 11.8 Å². The quantitative estimate of drug-likeness (QED) is 0.820. The van der Waals surface area contributed by atoms with E-state index in [0.29, 0.717) is 23.7 Å². The summed E-state index contributed by atoms with van der Waals surface area (Å²) in [4.78, 5) is 28.2. The number of allylic oxidation sites excluding steroid dienone is 1. The highest BCUT2D eigenvalue weighted by atomic mass is 32.2. The van der Waals surface area contributed by atoms with Crippen LogP contribution in [0.4, 0.5) is 0 Å². The Morgan fingerprint density at radius 3 is 2.92 bits per heavy atom. The molecule has 1 aromatic carbocycles. The Labute approximate surface area is 157 Å². The van der Waals surface area contributed by atoms with Crippen LogP contribution in [0.1, 0.15) is 17.5 Å². The number of ketones is 1. The first kappa shape index (κ1) is 16.9. The summed E-state index contributed by atoms with van der Waals surface area (Å²) in [6.07, 6.45) is 3.29. The predicted molar refractivity (Wildman–Crippen MR) is 105 cm³/mol. The highest BCUT2D eigenvalue weighted by Gasteiger charge is 2.43. The fourth-order valence-corrected chi connectivity index (χ4v) is 5.11. The second-order valence-electron chi connectivity index (χ2n) is 6.76. The van der Waals surface area contributed by atoms with Gasteiger partial charge in [0.1, 0.15) is 11.8 Å². The molecule has 0 aromatic heterocycles. The van der Waals surface area contributed by atoms with E-state index in [1.54, 1.807) is 11.8 Å². The van der Waals surface area contributed by atoms with Crippen molar-refractivity contribution in [1.29, 1.82) is 0 Å². The molecule has 1 unspecified atom stereocenters.